The molecule has 5 heterocycles. The van der Waals surface area contributed by atoms with Crippen molar-refractivity contribution >= 4 is 23.3 Å². The highest BCUT2D eigenvalue weighted by Crippen LogP contribution is 2.59. The number of aryl methyl sites for hydroxylation is 1. The van der Waals surface area contributed by atoms with Gasteiger partial charge in [0.15, 0.2) is 0 Å². The van der Waals surface area contributed by atoms with Crippen LogP contribution in [0.2, 0.25) is 0 Å². The van der Waals surface area contributed by atoms with E-state index in [1.807, 2.05) is 50.3 Å². The van der Waals surface area contributed by atoms with Crippen LogP contribution < -0.4 is 5.32 Å². The van der Waals surface area contributed by atoms with Crippen LogP contribution in [-0.2, 0) is 19.1 Å². The molecule has 1 spiro atoms. The minimum Gasteiger partial charge on any atom is -0.467 e. The Bertz CT molecular complexity index is 1140. The van der Waals surface area contributed by atoms with Gasteiger partial charge in [-0.2, -0.15) is 0 Å². The lowest BCUT2D eigenvalue weighted by Gasteiger charge is -2.43. The first-order chi connectivity index (χ1) is 15.4. The van der Waals surface area contributed by atoms with Gasteiger partial charge in [0.25, 0.3) is 0 Å². The average molecular weight is 432 g/mol. The summed E-state index contributed by atoms with van der Waals surface area (Å²) < 4.78 is 12.0. The molecule has 2 bridgehead atoms. The number of benzene rings is 1. The molecule has 6 rings (SSSR count). The summed E-state index contributed by atoms with van der Waals surface area (Å²) in [5.74, 6) is -1.44. The van der Waals surface area contributed by atoms with Crippen LogP contribution in [0.3, 0.4) is 0 Å². The fourth-order valence-electron chi connectivity index (χ4n) is 6.13. The fourth-order valence-corrected chi connectivity index (χ4v) is 6.13. The van der Waals surface area contributed by atoms with E-state index in [0.29, 0.717) is 11.4 Å². The number of piperidine rings is 1. The summed E-state index contributed by atoms with van der Waals surface area (Å²) in [5.41, 5.74) is 0.803. The van der Waals surface area contributed by atoms with Gasteiger partial charge in [-0.1, -0.05) is 36.8 Å². The molecule has 2 amide bonds. The SMILES string of the molecule is Cc1ccc(NC(=O)[C@H]2[C@H]3C(=O)N4[C@@H](c5ccco5)CC(=O)[C@H](C)[C@H]4[C@]34C=C[C@H]2O4)cc1. The molecule has 1 aromatic carbocycles. The Morgan fingerprint density at radius 1 is 1.19 bits per heavy atom. The highest BCUT2D eigenvalue weighted by Gasteiger charge is 2.74. The van der Waals surface area contributed by atoms with Gasteiger partial charge in [-0.05, 0) is 31.2 Å². The lowest BCUT2D eigenvalue weighted by atomic mass is 9.70. The normalized spacial score (nSPS) is 37.0. The summed E-state index contributed by atoms with van der Waals surface area (Å²) in [6.07, 6.45) is 5.05. The van der Waals surface area contributed by atoms with Crippen LogP contribution in [0.15, 0.2) is 59.2 Å². The average Bonchev–Trinajstić information content (AvgIpc) is 3.54. The van der Waals surface area contributed by atoms with E-state index in [9.17, 15) is 14.4 Å². The Morgan fingerprint density at radius 3 is 2.69 bits per heavy atom. The fraction of sp³-hybridized carbons (Fsp3) is 0.400. The number of hydrogen-bond acceptors (Lipinski definition) is 5. The standard InChI is InChI=1S/C25H24N2O5/c1-13-5-7-15(8-6-13)26-23(29)20-19-9-10-25(32-19)21(20)24(30)27-16(18-4-3-11-31-18)12-17(28)14(2)22(25)27/h3-11,14,16,19-22H,12H2,1-2H3,(H,26,29)/t14-,16+,19+,20+,21-,22-,25-/m0/s1. The Hall–Kier alpha value is -3.19. The Balaban J connectivity index is 1.38. The van der Waals surface area contributed by atoms with Crippen molar-refractivity contribution in [3.8, 4) is 0 Å². The van der Waals surface area contributed by atoms with Crippen LogP contribution in [0.1, 0.15) is 30.7 Å². The molecule has 4 aliphatic heterocycles. The molecular weight excluding hydrogens is 408 g/mol. The Labute approximate surface area is 185 Å². The van der Waals surface area contributed by atoms with E-state index in [0.717, 1.165) is 5.56 Å². The molecule has 1 aromatic heterocycles. The Kier molecular flexibility index (Phi) is 4.05. The number of amides is 2. The summed E-state index contributed by atoms with van der Waals surface area (Å²) in [5, 5.41) is 2.96. The van der Waals surface area contributed by atoms with Crippen LogP contribution in [0.5, 0.6) is 0 Å². The van der Waals surface area contributed by atoms with Crippen molar-refractivity contribution in [2.45, 2.75) is 44.1 Å². The lowest BCUT2D eigenvalue weighted by Crippen LogP contribution is -2.55. The molecule has 3 fully saturated rings. The van der Waals surface area contributed by atoms with Crippen molar-refractivity contribution < 1.29 is 23.5 Å². The predicted octanol–water partition coefficient (Wildman–Crippen LogP) is 3.03. The van der Waals surface area contributed by atoms with E-state index >= 15 is 0 Å². The van der Waals surface area contributed by atoms with Crippen LogP contribution in [0.25, 0.3) is 0 Å². The van der Waals surface area contributed by atoms with Gasteiger partial charge in [-0.25, -0.2) is 0 Å². The molecular formula is C25H24N2O5. The number of ether oxygens (including phenoxy) is 1. The molecule has 4 aliphatic rings. The lowest BCUT2D eigenvalue weighted by molar-refractivity contribution is -0.147. The molecule has 3 saturated heterocycles. The number of ketones is 1. The molecule has 0 unspecified atom stereocenters. The molecule has 2 aromatic rings. The van der Waals surface area contributed by atoms with Gasteiger partial charge in [0.1, 0.15) is 17.1 Å². The molecule has 0 aliphatic carbocycles. The van der Waals surface area contributed by atoms with Crippen molar-refractivity contribution in [2.24, 2.45) is 17.8 Å². The molecule has 0 saturated carbocycles. The maximum absolute atomic E-state index is 13.9. The third-order valence-corrected chi connectivity index (χ3v) is 7.57. The number of rotatable bonds is 3. The van der Waals surface area contributed by atoms with Gasteiger partial charge in [-0.15, -0.1) is 0 Å². The first-order valence-corrected chi connectivity index (χ1v) is 11.0. The third kappa shape index (κ3) is 2.48. The maximum Gasteiger partial charge on any atom is 0.231 e. The Morgan fingerprint density at radius 2 is 1.97 bits per heavy atom. The zero-order chi connectivity index (χ0) is 22.2. The van der Waals surface area contributed by atoms with Crippen molar-refractivity contribution in [1.82, 2.24) is 4.90 Å². The van der Waals surface area contributed by atoms with E-state index in [2.05, 4.69) is 5.32 Å². The topological polar surface area (TPSA) is 88.9 Å². The van der Waals surface area contributed by atoms with Crippen LogP contribution in [-0.4, -0.2) is 40.2 Å². The number of nitrogens with one attached hydrogen (secondary N) is 1. The quantitative estimate of drug-likeness (QED) is 0.754. The van der Waals surface area contributed by atoms with Crippen molar-refractivity contribution in [2.75, 3.05) is 5.32 Å². The largest absolute Gasteiger partial charge is 0.467 e. The van der Waals surface area contributed by atoms with Crippen LogP contribution in [0.4, 0.5) is 5.69 Å². The van der Waals surface area contributed by atoms with Gasteiger partial charge in [0, 0.05) is 18.0 Å². The van der Waals surface area contributed by atoms with Crippen molar-refractivity contribution in [3.63, 3.8) is 0 Å². The zero-order valence-electron chi connectivity index (χ0n) is 17.9. The van der Waals surface area contributed by atoms with Gasteiger partial charge >= 0.3 is 0 Å². The molecule has 7 heteroatoms. The highest BCUT2D eigenvalue weighted by atomic mass is 16.5. The number of carbonyl (C=O) groups is 3. The number of anilines is 1. The van der Waals surface area contributed by atoms with E-state index < -0.39 is 41.5 Å². The summed E-state index contributed by atoms with van der Waals surface area (Å²) in [4.78, 5) is 41.9. The summed E-state index contributed by atoms with van der Waals surface area (Å²) in [7, 11) is 0. The molecule has 7 nitrogen and oxygen atoms in total. The summed E-state index contributed by atoms with van der Waals surface area (Å²) in [6.45, 7) is 3.84. The first kappa shape index (κ1) is 19.5. The van der Waals surface area contributed by atoms with E-state index in [4.69, 9.17) is 9.15 Å². The van der Waals surface area contributed by atoms with Gasteiger partial charge in [0.05, 0.1) is 36.3 Å². The van der Waals surface area contributed by atoms with E-state index in [1.165, 1.54) is 0 Å². The van der Waals surface area contributed by atoms with Crippen molar-refractivity contribution in [3.05, 3.63) is 66.1 Å². The maximum atomic E-state index is 13.9. The van der Waals surface area contributed by atoms with Crippen molar-refractivity contribution in [1.29, 1.82) is 0 Å². The van der Waals surface area contributed by atoms with Gasteiger partial charge in [-0.3, -0.25) is 14.4 Å². The van der Waals surface area contributed by atoms with Gasteiger partial charge < -0.3 is 19.4 Å². The third-order valence-electron chi connectivity index (χ3n) is 7.57. The zero-order valence-corrected chi connectivity index (χ0v) is 17.9. The number of nitrogens with zero attached hydrogens (tertiary/aromatic N) is 1. The monoisotopic (exact) mass is 432 g/mol. The molecule has 1 N–H and O–H groups in total. The smallest absolute Gasteiger partial charge is 0.231 e. The second kappa shape index (κ2) is 6.65. The number of hydrogen-bond donors (Lipinski definition) is 1. The number of carbonyl (C=O) groups excluding carboxylic acids is 3. The molecule has 32 heavy (non-hydrogen) atoms. The molecule has 7 atom stereocenters. The van der Waals surface area contributed by atoms with E-state index in [1.54, 1.807) is 23.3 Å². The number of fused-ring (bicyclic) bond motifs is 2. The minimum absolute atomic E-state index is 0.0727. The summed E-state index contributed by atoms with van der Waals surface area (Å²) in [6, 6.07) is 10.2. The second-order valence-corrected chi connectivity index (χ2v) is 9.33. The number of Topliss-reactive ketones (excluding diaryl/α,β-unsaturated/α-hetero) is 1. The first-order valence-electron chi connectivity index (χ1n) is 11.0. The molecule has 0 radical (unpaired) electrons. The minimum atomic E-state index is -0.975. The molecule has 164 valence electrons. The highest BCUT2D eigenvalue weighted by molar-refractivity contribution is 6.00. The number of furan rings is 1. The van der Waals surface area contributed by atoms with Crippen LogP contribution >= 0.6 is 0 Å². The predicted molar refractivity (Wildman–Crippen MR) is 114 cm³/mol. The summed E-state index contributed by atoms with van der Waals surface area (Å²) >= 11 is 0. The van der Waals surface area contributed by atoms with Gasteiger partial charge in [0.2, 0.25) is 11.8 Å². The van der Waals surface area contributed by atoms with Crippen LogP contribution in [0, 0.1) is 24.7 Å². The second-order valence-electron chi connectivity index (χ2n) is 9.33. The van der Waals surface area contributed by atoms with E-state index in [-0.39, 0.29) is 24.0 Å².